The molecule has 3 rings (SSSR count). The highest BCUT2D eigenvalue weighted by Gasteiger charge is 2.62. The Morgan fingerprint density at radius 2 is 2.00 bits per heavy atom. The van der Waals surface area contributed by atoms with Crippen LogP contribution in [-0.4, -0.2) is 17.0 Å². The minimum atomic E-state index is -0.595. The molecule has 1 saturated carbocycles. The Kier molecular flexibility index (Phi) is 3.67. The molecule has 0 amide bonds. The molecule has 0 aromatic rings. The Bertz CT molecular complexity index is 556. The van der Waals surface area contributed by atoms with Crippen LogP contribution in [0.25, 0.3) is 0 Å². The molecule has 0 radical (unpaired) electrons. The highest BCUT2D eigenvalue weighted by molar-refractivity contribution is 5.99. The second-order valence-corrected chi connectivity index (χ2v) is 8.70. The molecule has 0 aromatic heterocycles. The summed E-state index contributed by atoms with van der Waals surface area (Å²) in [5.41, 5.74) is 2.26. The van der Waals surface area contributed by atoms with Gasteiger partial charge in [0.1, 0.15) is 0 Å². The summed E-state index contributed by atoms with van der Waals surface area (Å²) in [7, 11) is 0. The summed E-state index contributed by atoms with van der Waals surface area (Å²) in [6.45, 7) is 10.9. The van der Waals surface area contributed by atoms with E-state index in [0.717, 1.165) is 25.7 Å². The third-order valence-electron chi connectivity index (χ3n) is 6.92. The normalized spacial score (nSPS) is 45.0. The fourth-order valence-electron chi connectivity index (χ4n) is 5.29. The predicted molar refractivity (Wildman–Crippen MR) is 89.4 cm³/mol. The van der Waals surface area contributed by atoms with Gasteiger partial charge in [-0.1, -0.05) is 38.0 Å². The van der Waals surface area contributed by atoms with Gasteiger partial charge in [0.15, 0.2) is 5.78 Å². The Balaban J connectivity index is 2.09. The number of carbonyl (C=O) groups is 1. The highest BCUT2D eigenvalue weighted by atomic mass is 16.3. The van der Waals surface area contributed by atoms with E-state index >= 15 is 0 Å². The van der Waals surface area contributed by atoms with Gasteiger partial charge in [0.25, 0.3) is 0 Å². The van der Waals surface area contributed by atoms with Crippen molar-refractivity contribution in [3.63, 3.8) is 0 Å². The second kappa shape index (κ2) is 5.06. The van der Waals surface area contributed by atoms with E-state index in [2.05, 4.69) is 33.8 Å². The molecular weight excluding hydrogens is 272 g/mol. The first kappa shape index (κ1) is 16.0. The summed E-state index contributed by atoms with van der Waals surface area (Å²) >= 11 is 0. The molecule has 0 spiro atoms. The lowest BCUT2D eigenvalue weighted by molar-refractivity contribution is -0.148. The molecule has 22 heavy (non-hydrogen) atoms. The van der Waals surface area contributed by atoms with Crippen LogP contribution in [0.3, 0.4) is 0 Å². The smallest absolute Gasteiger partial charge is 0.164 e. The number of hydrogen-bond donors (Lipinski definition) is 1. The number of fused-ring (bicyclic) bond motifs is 3. The number of aliphatic hydroxyl groups excluding tert-OH is 1. The van der Waals surface area contributed by atoms with E-state index in [1.165, 1.54) is 11.1 Å². The van der Waals surface area contributed by atoms with Crippen LogP contribution in [-0.2, 0) is 4.79 Å². The zero-order valence-corrected chi connectivity index (χ0v) is 14.6. The van der Waals surface area contributed by atoms with Gasteiger partial charge in [-0.05, 0) is 68.8 Å². The minimum absolute atomic E-state index is 0.111. The Morgan fingerprint density at radius 1 is 1.32 bits per heavy atom. The predicted octanol–water partition coefficient (Wildman–Crippen LogP) is 4.29. The first-order valence-electron chi connectivity index (χ1n) is 8.80. The van der Waals surface area contributed by atoms with Crippen LogP contribution in [0, 0.1) is 28.6 Å². The maximum absolute atomic E-state index is 12.7. The maximum atomic E-state index is 12.7. The first-order chi connectivity index (χ1) is 10.2. The molecule has 3 aliphatic carbocycles. The first-order valence-corrected chi connectivity index (χ1v) is 8.80. The van der Waals surface area contributed by atoms with Crippen molar-refractivity contribution in [3.8, 4) is 0 Å². The van der Waals surface area contributed by atoms with Crippen LogP contribution in [0.4, 0.5) is 0 Å². The van der Waals surface area contributed by atoms with Gasteiger partial charge in [0.2, 0.25) is 0 Å². The lowest BCUT2D eigenvalue weighted by Crippen LogP contribution is -2.55. The molecule has 122 valence electrons. The quantitative estimate of drug-likeness (QED) is 0.734. The second-order valence-electron chi connectivity index (χ2n) is 8.70. The zero-order chi connectivity index (χ0) is 16.3. The standard InChI is InChI=1S/C20H30O2/c1-12(2)14-10-16(21)20(5)17(22)11-19(4)9-8-13(3)6-7-15(19)18(14)20/h8,10,12,15,17-18,22H,6-7,9,11H2,1-5H3/t15-,17-,18-,19-,20+/m1/s1. The molecule has 1 N–H and O–H groups in total. The van der Waals surface area contributed by atoms with Gasteiger partial charge < -0.3 is 5.11 Å². The molecule has 0 heterocycles. The summed E-state index contributed by atoms with van der Waals surface area (Å²) < 4.78 is 0. The van der Waals surface area contributed by atoms with Crippen LogP contribution >= 0.6 is 0 Å². The van der Waals surface area contributed by atoms with Crippen molar-refractivity contribution in [2.75, 3.05) is 0 Å². The number of carbonyl (C=O) groups excluding carboxylic acids is 1. The van der Waals surface area contributed by atoms with Crippen molar-refractivity contribution < 1.29 is 9.90 Å². The monoisotopic (exact) mass is 302 g/mol. The molecule has 0 aliphatic heterocycles. The van der Waals surface area contributed by atoms with Crippen molar-refractivity contribution >= 4 is 5.78 Å². The third kappa shape index (κ3) is 2.06. The summed E-state index contributed by atoms with van der Waals surface area (Å²) in [5.74, 6) is 1.25. The summed E-state index contributed by atoms with van der Waals surface area (Å²) in [5, 5.41) is 10.9. The molecular formula is C20H30O2. The van der Waals surface area contributed by atoms with Gasteiger partial charge in [0.05, 0.1) is 11.5 Å². The average molecular weight is 302 g/mol. The number of hydrogen-bond acceptors (Lipinski definition) is 2. The van der Waals surface area contributed by atoms with E-state index in [1.54, 1.807) is 0 Å². The fourth-order valence-corrected chi connectivity index (χ4v) is 5.29. The van der Waals surface area contributed by atoms with Gasteiger partial charge in [-0.3, -0.25) is 4.79 Å². The van der Waals surface area contributed by atoms with E-state index in [9.17, 15) is 9.90 Å². The number of rotatable bonds is 1. The van der Waals surface area contributed by atoms with Gasteiger partial charge in [-0.2, -0.15) is 0 Å². The molecule has 0 aromatic carbocycles. The van der Waals surface area contributed by atoms with Crippen LogP contribution in [0.1, 0.15) is 60.3 Å². The van der Waals surface area contributed by atoms with Gasteiger partial charge in [-0.25, -0.2) is 0 Å². The van der Waals surface area contributed by atoms with Gasteiger partial charge in [-0.15, -0.1) is 0 Å². The fraction of sp³-hybridized carbons (Fsp3) is 0.750. The molecule has 5 atom stereocenters. The lowest BCUT2D eigenvalue weighted by atomic mass is 9.50. The van der Waals surface area contributed by atoms with Crippen molar-refractivity contribution in [1.29, 1.82) is 0 Å². The summed E-state index contributed by atoms with van der Waals surface area (Å²) in [4.78, 5) is 12.7. The van der Waals surface area contributed by atoms with E-state index in [1.807, 2.05) is 13.0 Å². The van der Waals surface area contributed by atoms with Crippen LogP contribution in [0.2, 0.25) is 0 Å². The van der Waals surface area contributed by atoms with Gasteiger partial charge >= 0.3 is 0 Å². The Labute approximate surface area is 134 Å². The van der Waals surface area contributed by atoms with E-state index in [-0.39, 0.29) is 17.1 Å². The van der Waals surface area contributed by atoms with Crippen molar-refractivity contribution in [2.24, 2.45) is 28.6 Å². The van der Waals surface area contributed by atoms with Crippen LogP contribution < -0.4 is 0 Å². The van der Waals surface area contributed by atoms with Crippen molar-refractivity contribution in [2.45, 2.75) is 66.4 Å². The van der Waals surface area contributed by atoms with Crippen molar-refractivity contribution in [3.05, 3.63) is 23.3 Å². The SMILES string of the molecule is CC1=CC[C@]2(C)C[C@@H](O)[C@]3(C)C(=O)C=C(C(C)C)[C@@H]3[C@H]2CC1. The zero-order valence-electron chi connectivity index (χ0n) is 14.6. The lowest BCUT2D eigenvalue weighted by Gasteiger charge is -2.54. The molecule has 2 heteroatoms. The van der Waals surface area contributed by atoms with Gasteiger partial charge in [0, 0.05) is 0 Å². The molecule has 1 fully saturated rings. The third-order valence-corrected chi connectivity index (χ3v) is 6.92. The van der Waals surface area contributed by atoms with Crippen LogP contribution in [0.5, 0.6) is 0 Å². The summed E-state index contributed by atoms with van der Waals surface area (Å²) in [6.07, 6.45) is 7.77. The van der Waals surface area contributed by atoms with Crippen LogP contribution in [0.15, 0.2) is 23.3 Å². The Hall–Kier alpha value is -0.890. The number of ketones is 1. The summed E-state index contributed by atoms with van der Waals surface area (Å²) in [6, 6.07) is 0. The van der Waals surface area contributed by atoms with Crippen molar-refractivity contribution in [1.82, 2.24) is 0 Å². The molecule has 3 aliphatic rings. The Morgan fingerprint density at radius 3 is 2.64 bits per heavy atom. The molecule has 0 unspecified atom stereocenters. The van der Waals surface area contributed by atoms with E-state index in [4.69, 9.17) is 0 Å². The molecule has 0 bridgehead atoms. The topological polar surface area (TPSA) is 37.3 Å². The highest BCUT2D eigenvalue weighted by Crippen LogP contribution is 2.62. The number of allylic oxidation sites excluding steroid dienone is 4. The number of aliphatic hydroxyl groups is 1. The van der Waals surface area contributed by atoms with E-state index < -0.39 is 11.5 Å². The minimum Gasteiger partial charge on any atom is -0.392 e. The average Bonchev–Trinajstić information content (AvgIpc) is 2.61. The molecule has 2 nitrogen and oxygen atoms in total. The molecule has 0 saturated heterocycles. The largest absolute Gasteiger partial charge is 0.392 e. The maximum Gasteiger partial charge on any atom is 0.164 e. The van der Waals surface area contributed by atoms with E-state index in [0.29, 0.717) is 11.8 Å².